The maximum absolute atomic E-state index is 14.7. The van der Waals surface area contributed by atoms with Gasteiger partial charge in [0, 0.05) is 11.3 Å². The molecular weight excluding hydrogens is 443 g/mol. The number of hydrogen-bond acceptors (Lipinski definition) is 7. The van der Waals surface area contributed by atoms with Crippen LogP contribution in [0.5, 0.6) is 5.88 Å². The second-order valence-corrected chi connectivity index (χ2v) is 8.73. The minimum Gasteiger partial charge on any atom is -0.463 e. The molecule has 2 heterocycles. The van der Waals surface area contributed by atoms with E-state index in [-0.39, 0.29) is 40.3 Å². The highest BCUT2D eigenvalue weighted by molar-refractivity contribution is 8.14. The van der Waals surface area contributed by atoms with Gasteiger partial charge in [-0.05, 0) is 32.0 Å². The Morgan fingerprint density at radius 3 is 2.88 bits per heavy atom. The summed E-state index contributed by atoms with van der Waals surface area (Å²) in [6.07, 6.45) is 6.38. The van der Waals surface area contributed by atoms with Crippen LogP contribution in [0.15, 0.2) is 29.4 Å². The summed E-state index contributed by atoms with van der Waals surface area (Å²) in [4.78, 5) is 25.0. The fourth-order valence-electron chi connectivity index (χ4n) is 3.85. The summed E-state index contributed by atoms with van der Waals surface area (Å²) in [7, 11) is 0. The second kappa shape index (κ2) is 7.70. The van der Waals surface area contributed by atoms with Crippen molar-refractivity contribution in [2.24, 2.45) is 16.6 Å². The van der Waals surface area contributed by atoms with Crippen molar-refractivity contribution in [3.8, 4) is 18.2 Å². The molecule has 1 amide bonds. The first-order valence-corrected chi connectivity index (χ1v) is 10.4. The van der Waals surface area contributed by atoms with E-state index < -0.39 is 34.4 Å². The predicted molar refractivity (Wildman–Crippen MR) is 114 cm³/mol. The van der Waals surface area contributed by atoms with E-state index in [2.05, 4.69) is 26.2 Å². The lowest BCUT2D eigenvalue weighted by Crippen LogP contribution is -2.32. The van der Waals surface area contributed by atoms with Crippen LogP contribution in [0.4, 0.5) is 18.9 Å². The Morgan fingerprint density at radius 2 is 2.19 bits per heavy atom. The zero-order valence-electron chi connectivity index (χ0n) is 17.0. The van der Waals surface area contributed by atoms with E-state index in [1.807, 2.05) is 0 Å². The van der Waals surface area contributed by atoms with E-state index in [1.54, 1.807) is 6.92 Å². The Morgan fingerprint density at radius 1 is 1.44 bits per heavy atom. The highest BCUT2D eigenvalue weighted by Crippen LogP contribution is 2.66. The smallest absolute Gasteiger partial charge is 0.276 e. The van der Waals surface area contributed by atoms with E-state index in [0.29, 0.717) is 0 Å². The highest BCUT2D eigenvalue weighted by atomic mass is 32.2. The summed E-state index contributed by atoms with van der Waals surface area (Å²) < 4.78 is 48.5. The van der Waals surface area contributed by atoms with Gasteiger partial charge in [0.05, 0.1) is 28.6 Å². The Hall–Kier alpha value is -3.26. The Labute approximate surface area is 186 Å². The van der Waals surface area contributed by atoms with Gasteiger partial charge in [0.1, 0.15) is 11.5 Å². The standard InChI is InChI=1S/C21H18F3N5O2S/c1-4-7-31-14-9-26-15(10(2)27-14)18(30)28-11-5-6-13(22)12(8-11)20(3)16-17(21(16,23)24)32-19(25)29-20/h1,5-6,8-9,16-17H,7H2,2-3H3,(H2,25,29)(H,28,30)/t16-,17-,20-/m1/s1. The number of aryl methyl sites for hydroxylation is 1. The molecule has 11 heteroatoms. The van der Waals surface area contributed by atoms with Crippen LogP contribution in [-0.4, -0.2) is 38.8 Å². The quantitative estimate of drug-likeness (QED) is 0.664. The molecule has 0 radical (unpaired) electrons. The number of halogens is 3. The van der Waals surface area contributed by atoms with Crippen LogP contribution in [0.1, 0.15) is 28.7 Å². The number of nitrogens with zero attached hydrogens (tertiary/aromatic N) is 3. The number of fused-ring (bicyclic) bond motifs is 1. The third-order valence-corrected chi connectivity index (χ3v) is 6.57. The molecule has 32 heavy (non-hydrogen) atoms. The zero-order valence-corrected chi connectivity index (χ0v) is 17.8. The number of hydrogen-bond donors (Lipinski definition) is 2. The maximum Gasteiger partial charge on any atom is 0.276 e. The minimum absolute atomic E-state index is 0.00316. The average Bonchev–Trinajstić information content (AvgIpc) is 3.28. The molecule has 1 fully saturated rings. The largest absolute Gasteiger partial charge is 0.463 e. The lowest BCUT2D eigenvalue weighted by molar-refractivity contribution is 0.0819. The molecule has 166 valence electrons. The van der Waals surface area contributed by atoms with E-state index in [9.17, 15) is 18.0 Å². The first-order chi connectivity index (χ1) is 15.1. The van der Waals surface area contributed by atoms with E-state index >= 15 is 0 Å². The van der Waals surface area contributed by atoms with E-state index in [0.717, 1.165) is 17.8 Å². The van der Waals surface area contributed by atoms with Gasteiger partial charge in [-0.3, -0.25) is 9.79 Å². The van der Waals surface area contributed by atoms with Gasteiger partial charge in [0.2, 0.25) is 5.88 Å². The Kier molecular flexibility index (Phi) is 5.29. The molecule has 1 aliphatic carbocycles. The number of amidine groups is 1. The van der Waals surface area contributed by atoms with Gasteiger partial charge in [-0.2, -0.15) is 0 Å². The monoisotopic (exact) mass is 461 g/mol. The molecule has 7 nitrogen and oxygen atoms in total. The number of benzene rings is 1. The van der Waals surface area contributed by atoms with Gasteiger partial charge < -0.3 is 15.8 Å². The zero-order chi connectivity index (χ0) is 23.3. The molecule has 1 aliphatic heterocycles. The molecule has 1 aromatic carbocycles. The van der Waals surface area contributed by atoms with Crippen LogP contribution in [0.25, 0.3) is 0 Å². The Balaban J connectivity index is 1.61. The number of carbonyl (C=O) groups is 1. The summed E-state index contributed by atoms with van der Waals surface area (Å²) >= 11 is 0.794. The first-order valence-electron chi connectivity index (χ1n) is 9.49. The molecule has 0 unspecified atom stereocenters. The van der Waals surface area contributed by atoms with Crippen LogP contribution < -0.4 is 15.8 Å². The molecule has 4 rings (SSSR count). The first kappa shape index (κ1) is 22.0. The molecule has 0 spiro atoms. The lowest BCUT2D eigenvalue weighted by Gasteiger charge is -2.29. The van der Waals surface area contributed by atoms with Gasteiger partial charge in [-0.15, -0.1) is 6.42 Å². The van der Waals surface area contributed by atoms with Crippen LogP contribution in [0.2, 0.25) is 0 Å². The number of rotatable bonds is 5. The number of amides is 1. The number of aromatic nitrogens is 2. The molecule has 1 saturated carbocycles. The number of carbonyl (C=O) groups excluding carboxylic acids is 1. The number of nitrogens with two attached hydrogens (primary N) is 1. The molecule has 2 aliphatic rings. The number of alkyl halides is 2. The SMILES string of the molecule is C#CCOc1cnc(C(=O)Nc2ccc(F)c([C@@]3(C)N=C(N)S[C@@H]4[C@H]3C4(F)F)c2)c(C)n1. The van der Waals surface area contributed by atoms with Gasteiger partial charge in [0.15, 0.2) is 11.8 Å². The molecular formula is C21H18F3N5O2S. The van der Waals surface area contributed by atoms with Crippen molar-refractivity contribution in [1.82, 2.24) is 9.97 Å². The number of thioether (sulfide) groups is 1. The lowest BCUT2D eigenvalue weighted by atomic mass is 9.86. The molecule has 3 N–H and O–H groups in total. The Bertz CT molecular complexity index is 1180. The highest BCUT2D eigenvalue weighted by Gasteiger charge is 2.77. The summed E-state index contributed by atoms with van der Waals surface area (Å²) in [6, 6.07) is 3.70. The topological polar surface area (TPSA) is 102 Å². The molecule has 2 aromatic rings. The van der Waals surface area contributed by atoms with Crippen molar-refractivity contribution >= 4 is 28.5 Å². The van der Waals surface area contributed by atoms with Crippen LogP contribution in [-0.2, 0) is 5.54 Å². The van der Waals surface area contributed by atoms with Crippen molar-refractivity contribution in [3.05, 3.63) is 47.2 Å². The predicted octanol–water partition coefficient (Wildman–Crippen LogP) is 3.10. The molecule has 1 aromatic heterocycles. The van der Waals surface area contributed by atoms with E-state index in [4.69, 9.17) is 16.9 Å². The summed E-state index contributed by atoms with van der Waals surface area (Å²) in [5.74, 6) is -3.09. The number of ether oxygens (including phenoxy) is 1. The van der Waals surface area contributed by atoms with Gasteiger partial charge in [0.25, 0.3) is 11.8 Å². The van der Waals surface area contributed by atoms with Gasteiger partial charge in [-0.1, -0.05) is 17.7 Å². The van der Waals surface area contributed by atoms with Crippen LogP contribution in [0.3, 0.4) is 0 Å². The minimum atomic E-state index is -3.02. The molecule has 3 atom stereocenters. The summed E-state index contributed by atoms with van der Waals surface area (Å²) in [6.45, 7) is 2.99. The average molecular weight is 461 g/mol. The maximum atomic E-state index is 14.7. The van der Waals surface area contributed by atoms with Crippen molar-refractivity contribution in [3.63, 3.8) is 0 Å². The molecule has 0 bridgehead atoms. The van der Waals surface area contributed by atoms with Crippen LogP contribution in [0, 0.1) is 31.0 Å². The van der Waals surface area contributed by atoms with Crippen molar-refractivity contribution in [2.75, 3.05) is 11.9 Å². The number of anilines is 1. The van der Waals surface area contributed by atoms with Crippen molar-refractivity contribution in [1.29, 1.82) is 0 Å². The summed E-state index contributed by atoms with van der Waals surface area (Å²) in [5.41, 5.74) is 4.58. The number of nitrogens with one attached hydrogen (secondary N) is 1. The van der Waals surface area contributed by atoms with Crippen LogP contribution >= 0.6 is 11.8 Å². The fraction of sp³-hybridized carbons (Fsp3) is 0.333. The third kappa shape index (κ3) is 3.64. The van der Waals surface area contributed by atoms with Gasteiger partial charge in [-0.25, -0.2) is 23.1 Å². The summed E-state index contributed by atoms with van der Waals surface area (Å²) in [5, 5.41) is 1.50. The molecule has 0 saturated heterocycles. The van der Waals surface area contributed by atoms with Gasteiger partial charge >= 0.3 is 0 Å². The van der Waals surface area contributed by atoms with Crippen molar-refractivity contribution < 1.29 is 22.7 Å². The fourth-order valence-corrected chi connectivity index (χ4v) is 5.16. The normalized spacial score (nSPS) is 25.2. The number of aliphatic imine (C=N–C) groups is 1. The van der Waals surface area contributed by atoms with E-state index in [1.165, 1.54) is 25.3 Å². The van der Waals surface area contributed by atoms with Crippen molar-refractivity contribution in [2.45, 2.75) is 30.6 Å². The second-order valence-electron chi connectivity index (χ2n) is 7.57. The third-order valence-electron chi connectivity index (χ3n) is 5.40. The number of terminal acetylenes is 1.